The van der Waals surface area contributed by atoms with Crippen LogP contribution in [0.4, 0.5) is 0 Å². The van der Waals surface area contributed by atoms with Crippen molar-refractivity contribution in [1.82, 2.24) is 0 Å². The van der Waals surface area contributed by atoms with E-state index in [0.29, 0.717) is 16.6 Å². The summed E-state index contributed by atoms with van der Waals surface area (Å²) in [4.78, 5) is 11.7. The van der Waals surface area contributed by atoms with Crippen molar-refractivity contribution in [2.24, 2.45) is 22.7 Å². The first-order valence-corrected chi connectivity index (χ1v) is 8.72. The van der Waals surface area contributed by atoms with Crippen molar-refractivity contribution in [1.29, 1.82) is 0 Å². The van der Waals surface area contributed by atoms with Crippen molar-refractivity contribution in [3.05, 3.63) is 29.2 Å². The van der Waals surface area contributed by atoms with Crippen LogP contribution < -0.4 is 51.4 Å². The van der Waals surface area contributed by atoms with Gasteiger partial charge >= 0.3 is 51.4 Å². The molecule has 2 fully saturated rings. The quantitative estimate of drug-likeness (QED) is 0.499. The van der Waals surface area contributed by atoms with E-state index >= 15 is 0 Å². The van der Waals surface area contributed by atoms with Gasteiger partial charge in [-0.05, 0) is 60.8 Å². The van der Waals surface area contributed by atoms with E-state index in [1.54, 1.807) is 11.1 Å². The summed E-state index contributed by atoms with van der Waals surface area (Å²) in [5.74, 6) is 1.97. The molecule has 2 saturated carbocycles. The first kappa shape index (κ1) is 19.9. The maximum Gasteiger partial charge on any atom is 1.00 e. The Labute approximate surface area is 183 Å². The van der Waals surface area contributed by atoms with Crippen molar-refractivity contribution < 1.29 is 61.7 Å². The predicted octanol–water partition coefficient (Wildman–Crippen LogP) is 1.86. The fraction of sp³-hybridized carbons (Fsp3) is 0.700. The Morgan fingerprint density at radius 2 is 1.87 bits per heavy atom. The van der Waals surface area contributed by atoms with Crippen LogP contribution in [-0.2, 0) is 4.79 Å². The number of ketones is 1. The molecule has 23 heavy (non-hydrogen) atoms. The molecule has 0 heterocycles. The minimum Gasteiger partial charge on any atom is -0.870 e. The molecular formula is C20H28KO2-. The van der Waals surface area contributed by atoms with Gasteiger partial charge in [0.15, 0.2) is 5.78 Å². The first-order chi connectivity index (χ1) is 9.92. The number of hydrogen-bond donors (Lipinski definition) is 0. The molecule has 122 valence electrons. The predicted molar refractivity (Wildman–Crippen MR) is 87.5 cm³/mol. The molecule has 4 aliphatic carbocycles. The third-order valence-electron chi connectivity index (χ3n) is 7.49. The third kappa shape index (κ3) is 2.90. The Morgan fingerprint density at radius 3 is 2.61 bits per heavy atom. The second-order valence-electron chi connectivity index (χ2n) is 8.57. The standard InChI is InChI=1S/C20H27O.K.H2O/c1-19(2)10-9-18-17-6-4-13-12-14(21)5-7-15(13)16(17)8-11-20(18,19)3;;/h8,12,17-18H,4-7,9-11H2,1-3H3;;1H2/q-1;+1;/p-1. The van der Waals surface area contributed by atoms with E-state index in [4.69, 9.17) is 0 Å². The summed E-state index contributed by atoms with van der Waals surface area (Å²) in [6, 6.07) is 0. The summed E-state index contributed by atoms with van der Waals surface area (Å²) in [7, 11) is 0. The van der Waals surface area contributed by atoms with Gasteiger partial charge in [-0.2, -0.15) is 5.57 Å². The normalized spacial score (nSPS) is 37.3. The molecule has 0 spiro atoms. The largest absolute Gasteiger partial charge is 1.00 e. The van der Waals surface area contributed by atoms with Crippen LogP contribution in [0.2, 0.25) is 0 Å². The van der Waals surface area contributed by atoms with Crippen molar-refractivity contribution in [2.75, 3.05) is 0 Å². The van der Waals surface area contributed by atoms with Crippen LogP contribution in [-0.4, -0.2) is 11.3 Å². The van der Waals surface area contributed by atoms with E-state index in [1.807, 2.05) is 6.08 Å². The maximum atomic E-state index is 11.7. The molecule has 0 aromatic rings. The topological polar surface area (TPSA) is 47.1 Å². The zero-order valence-corrected chi connectivity index (χ0v) is 18.2. The monoisotopic (exact) mass is 339 g/mol. The molecule has 0 aliphatic heterocycles. The van der Waals surface area contributed by atoms with Crippen molar-refractivity contribution >= 4 is 5.78 Å². The average Bonchev–Trinajstić information content (AvgIpc) is 2.69. The molecule has 0 amide bonds. The summed E-state index contributed by atoms with van der Waals surface area (Å²) in [6.45, 7) is 7.50. The number of carbonyl (C=O) groups excluding carboxylic acids is 1. The van der Waals surface area contributed by atoms with Crippen molar-refractivity contribution in [3.63, 3.8) is 0 Å². The second-order valence-corrected chi connectivity index (χ2v) is 8.57. The van der Waals surface area contributed by atoms with E-state index in [1.165, 1.54) is 31.3 Å². The molecule has 0 radical (unpaired) electrons. The fourth-order valence-corrected chi connectivity index (χ4v) is 5.72. The molecule has 3 unspecified atom stereocenters. The average molecular weight is 340 g/mol. The van der Waals surface area contributed by atoms with Gasteiger partial charge in [0.05, 0.1) is 0 Å². The molecule has 0 saturated heterocycles. The van der Waals surface area contributed by atoms with Gasteiger partial charge in [0, 0.05) is 0 Å². The number of carbonyl (C=O) groups is 1. The Bertz CT molecular complexity index is 572. The molecule has 2 nitrogen and oxygen atoms in total. The Balaban J connectivity index is 0.000000960. The summed E-state index contributed by atoms with van der Waals surface area (Å²) in [5.41, 5.74) is 5.52. The first-order valence-electron chi connectivity index (χ1n) is 8.72. The summed E-state index contributed by atoms with van der Waals surface area (Å²) < 4.78 is 0. The second kappa shape index (κ2) is 6.73. The minimum atomic E-state index is 0. The van der Waals surface area contributed by atoms with Gasteiger partial charge in [0.1, 0.15) is 0 Å². The molecule has 4 aliphatic rings. The van der Waals surface area contributed by atoms with E-state index in [-0.39, 0.29) is 56.9 Å². The minimum absolute atomic E-state index is 0. The molecule has 0 aromatic carbocycles. The van der Waals surface area contributed by atoms with Crippen molar-refractivity contribution in [2.45, 2.75) is 65.7 Å². The summed E-state index contributed by atoms with van der Waals surface area (Å²) >= 11 is 0. The number of hydrogen-bond acceptors (Lipinski definition) is 2. The molecule has 0 aromatic heterocycles. The Kier molecular flexibility index (Phi) is 5.84. The van der Waals surface area contributed by atoms with Gasteiger partial charge in [-0.3, -0.25) is 4.79 Å². The zero-order valence-electron chi connectivity index (χ0n) is 15.1. The van der Waals surface area contributed by atoms with Crippen LogP contribution in [0, 0.1) is 29.1 Å². The summed E-state index contributed by atoms with van der Waals surface area (Å²) in [6.07, 6.45) is 12.7. The van der Waals surface area contributed by atoms with E-state index < -0.39 is 0 Å². The number of allylic oxidation sites excluding steroid dienone is 4. The van der Waals surface area contributed by atoms with Gasteiger partial charge in [0.25, 0.3) is 0 Å². The van der Waals surface area contributed by atoms with Gasteiger partial charge in [-0.15, -0.1) is 5.57 Å². The fourth-order valence-electron chi connectivity index (χ4n) is 5.72. The SMILES string of the molecule is CC1(C)CCC2C3CCC4=CC(=O)CCC4=C3[CH-]CC21C.[K+].[OH-]. The van der Waals surface area contributed by atoms with Crippen LogP contribution in [0.5, 0.6) is 0 Å². The van der Waals surface area contributed by atoms with Crippen LogP contribution >= 0.6 is 0 Å². The van der Waals surface area contributed by atoms with Crippen LogP contribution in [0.1, 0.15) is 65.7 Å². The zero-order chi connectivity index (χ0) is 14.8. The van der Waals surface area contributed by atoms with Gasteiger partial charge in [-0.25, -0.2) is 12.0 Å². The molecular weight excluding hydrogens is 311 g/mol. The van der Waals surface area contributed by atoms with E-state index in [0.717, 1.165) is 31.1 Å². The van der Waals surface area contributed by atoms with E-state index in [2.05, 4.69) is 27.2 Å². The molecule has 3 atom stereocenters. The van der Waals surface area contributed by atoms with E-state index in [9.17, 15) is 4.79 Å². The van der Waals surface area contributed by atoms with Crippen LogP contribution in [0.3, 0.4) is 0 Å². The van der Waals surface area contributed by atoms with Gasteiger partial charge in [0.2, 0.25) is 0 Å². The Hall–Kier alpha value is 0.616. The van der Waals surface area contributed by atoms with Gasteiger partial charge in [-0.1, -0.05) is 33.6 Å². The van der Waals surface area contributed by atoms with Crippen molar-refractivity contribution in [3.8, 4) is 0 Å². The maximum absolute atomic E-state index is 11.7. The Morgan fingerprint density at radius 1 is 1.13 bits per heavy atom. The summed E-state index contributed by atoms with van der Waals surface area (Å²) in [5, 5.41) is 0. The molecule has 4 rings (SSSR count). The van der Waals surface area contributed by atoms with Crippen LogP contribution in [0.15, 0.2) is 22.8 Å². The number of rotatable bonds is 0. The van der Waals surface area contributed by atoms with Gasteiger partial charge < -0.3 is 5.48 Å². The smallest absolute Gasteiger partial charge is 0.870 e. The third-order valence-corrected chi connectivity index (χ3v) is 7.49. The molecule has 1 N–H and O–H groups in total. The van der Waals surface area contributed by atoms with Crippen LogP contribution in [0.25, 0.3) is 0 Å². The number of fused-ring (bicyclic) bond motifs is 4. The molecule has 0 bridgehead atoms. The molecule has 3 heteroatoms.